The average molecular weight is 329 g/mol. The third-order valence-corrected chi connectivity index (χ3v) is 4.35. The average Bonchev–Trinajstić information content (AvgIpc) is 3.25. The highest BCUT2D eigenvalue weighted by molar-refractivity contribution is 5.79. The van der Waals surface area contributed by atoms with Gasteiger partial charge in [-0.1, -0.05) is 6.07 Å². The SMILES string of the molecule is O=C(O)[C@@H]1CN(C(=O)CCCn2cncn2)C[C@H]1c1cccnc1. The molecule has 0 aromatic carbocycles. The first kappa shape index (κ1) is 16.1. The number of carbonyl (C=O) groups excluding carboxylic acids is 1. The smallest absolute Gasteiger partial charge is 0.308 e. The molecule has 0 radical (unpaired) electrons. The number of aliphatic carboxylic acids is 1. The van der Waals surface area contributed by atoms with Crippen molar-refractivity contribution in [1.82, 2.24) is 24.6 Å². The van der Waals surface area contributed by atoms with E-state index in [1.54, 1.807) is 34.4 Å². The number of pyridine rings is 1. The Morgan fingerprint density at radius 1 is 1.29 bits per heavy atom. The van der Waals surface area contributed by atoms with E-state index in [4.69, 9.17) is 0 Å². The molecule has 24 heavy (non-hydrogen) atoms. The summed E-state index contributed by atoms with van der Waals surface area (Å²) in [4.78, 5) is 33.5. The van der Waals surface area contributed by atoms with Gasteiger partial charge in [0, 0.05) is 44.4 Å². The normalized spacial score (nSPS) is 20.2. The van der Waals surface area contributed by atoms with Crippen LogP contribution in [0.2, 0.25) is 0 Å². The maximum atomic E-state index is 12.4. The van der Waals surface area contributed by atoms with Crippen LogP contribution in [0, 0.1) is 5.92 Å². The number of aromatic nitrogens is 4. The van der Waals surface area contributed by atoms with E-state index < -0.39 is 11.9 Å². The third kappa shape index (κ3) is 3.58. The summed E-state index contributed by atoms with van der Waals surface area (Å²) in [5.74, 6) is -1.70. The number of likely N-dealkylation sites (tertiary alicyclic amines) is 1. The Labute approximate surface area is 139 Å². The minimum Gasteiger partial charge on any atom is -0.481 e. The Bertz CT molecular complexity index is 689. The quantitative estimate of drug-likeness (QED) is 0.840. The lowest BCUT2D eigenvalue weighted by molar-refractivity contribution is -0.141. The Hall–Kier alpha value is -2.77. The second-order valence-corrected chi connectivity index (χ2v) is 5.90. The number of carboxylic acid groups (broad SMARTS) is 1. The zero-order valence-corrected chi connectivity index (χ0v) is 13.2. The van der Waals surface area contributed by atoms with Crippen molar-refractivity contribution >= 4 is 11.9 Å². The van der Waals surface area contributed by atoms with Gasteiger partial charge in [0.25, 0.3) is 0 Å². The lowest BCUT2D eigenvalue weighted by Crippen LogP contribution is -2.29. The molecule has 1 saturated heterocycles. The number of hydrogen-bond acceptors (Lipinski definition) is 5. The van der Waals surface area contributed by atoms with E-state index >= 15 is 0 Å². The van der Waals surface area contributed by atoms with E-state index in [9.17, 15) is 14.7 Å². The highest BCUT2D eigenvalue weighted by Gasteiger charge is 2.40. The fourth-order valence-corrected chi connectivity index (χ4v) is 3.09. The molecule has 1 aliphatic heterocycles. The van der Waals surface area contributed by atoms with Gasteiger partial charge in [0.15, 0.2) is 0 Å². The molecule has 2 aromatic heterocycles. The lowest BCUT2D eigenvalue weighted by Gasteiger charge is -2.16. The first-order chi connectivity index (χ1) is 11.6. The maximum absolute atomic E-state index is 12.4. The molecular weight excluding hydrogens is 310 g/mol. The summed E-state index contributed by atoms with van der Waals surface area (Å²) in [6, 6.07) is 3.66. The van der Waals surface area contributed by atoms with Crippen LogP contribution in [0.15, 0.2) is 37.2 Å². The van der Waals surface area contributed by atoms with Gasteiger partial charge in [-0.2, -0.15) is 5.10 Å². The molecule has 126 valence electrons. The van der Waals surface area contributed by atoms with Crippen LogP contribution in [0.4, 0.5) is 0 Å². The number of hydrogen-bond donors (Lipinski definition) is 1. The van der Waals surface area contributed by atoms with Crippen molar-refractivity contribution in [2.45, 2.75) is 25.3 Å². The summed E-state index contributed by atoms with van der Waals surface area (Å²) in [7, 11) is 0. The number of rotatable bonds is 6. The molecule has 3 heterocycles. The maximum Gasteiger partial charge on any atom is 0.308 e. The molecule has 0 saturated carbocycles. The van der Waals surface area contributed by atoms with Crippen molar-refractivity contribution in [3.05, 3.63) is 42.7 Å². The van der Waals surface area contributed by atoms with Gasteiger partial charge in [-0.3, -0.25) is 19.3 Å². The van der Waals surface area contributed by atoms with Gasteiger partial charge < -0.3 is 10.0 Å². The number of carbonyl (C=O) groups is 2. The van der Waals surface area contributed by atoms with Gasteiger partial charge in [0.05, 0.1) is 5.92 Å². The number of amides is 1. The number of aryl methyl sites for hydroxylation is 1. The predicted molar refractivity (Wildman–Crippen MR) is 83.9 cm³/mol. The standard InChI is InChI=1S/C16H19N5O3/c22-15(4-2-6-21-11-18-10-19-21)20-8-13(14(9-20)16(23)24)12-3-1-5-17-7-12/h1,3,5,7,10-11,13-14H,2,4,6,8-9H2,(H,23,24)/t13-,14+/m0/s1. The molecular formula is C16H19N5O3. The minimum absolute atomic E-state index is 0.0206. The highest BCUT2D eigenvalue weighted by Crippen LogP contribution is 2.32. The van der Waals surface area contributed by atoms with Crippen LogP contribution in [0.25, 0.3) is 0 Å². The molecule has 0 aliphatic carbocycles. The number of carboxylic acids is 1. The first-order valence-electron chi connectivity index (χ1n) is 7.88. The molecule has 8 heteroatoms. The molecule has 0 unspecified atom stereocenters. The fourth-order valence-electron chi connectivity index (χ4n) is 3.09. The summed E-state index contributed by atoms with van der Waals surface area (Å²) in [6.07, 6.45) is 7.41. The van der Waals surface area contributed by atoms with E-state index in [1.165, 1.54) is 6.33 Å². The summed E-state index contributed by atoms with van der Waals surface area (Å²) in [6.45, 7) is 1.29. The summed E-state index contributed by atoms with van der Waals surface area (Å²) in [5.41, 5.74) is 0.864. The zero-order valence-electron chi connectivity index (χ0n) is 13.2. The Morgan fingerprint density at radius 3 is 2.83 bits per heavy atom. The van der Waals surface area contributed by atoms with Crippen molar-refractivity contribution in [3.63, 3.8) is 0 Å². The lowest BCUT2D eigenvalue weighted by atomic mass is 9.90. The van der Waals surface area contributed by atoms with Gasteiger partial charge in [0.1, 0.15) is 12.7 Å². The Balaban J connectivity index is 1.60. The Kier molecular flexibility index (Phi) is 4.83. The summed E-state index contributed by atoms with van der Waals surface area (Å²) >= 11 is 0. The van der Waals surface area contributed by atoms with Gasteiger partial charge in [-0.15, -0.1) is 0 Å². The molecule has 3 rings (SSSR count). The molecule has 1 fully saturated rings. The Morgan fingerprint density at radius 2 is 2.17 bits per heavy atom. The van der Waals surface area contributed by atoms with Crippen LogP contribution >= 0.6 is 0 Å². The van der Waals surface area contributed by atoms with Crippen LogP contribution in [0.5, 0.6) is 0 Å². The van der Waals surface area contributed by atoms with E-state index in [-0.39, 0.29) is 18.4 Å². The monoisotopic (exact) mass is 329 g/mol. The van der Waals surface area contributed by atoms with Crippen molar-refractivity contribution < 1.29 is 14.7 Å². The van der Waals surface area contributed by atoms with Crippen molar-refractivity contribution in [3.8, 4) is 0 Å². The van der Waals surface area contributed by atoms with Crippen molar-refractivity contribution in [2.24, 2.45) is 5.92 Å². The largest absolute Gasteiger partial charge is 0.481 e. The molecule has 0 spiro atoms. The van der Waals surface area contributed by atoms with E-state index in [0.717, 1.165) is 5.56 Å². The first-order valence-corrected chi connectivity index (χ1v) is 7.88. The van der Waals surface area contributed by atoms with Crippen molar-refractivity contribution in [1.29, 1.82) is 0 Å². The van der Waals surface area contributed by atoms with Gasteiger partial charge in [-0.25, -0.2) is 4.98 Å². The minimum atomic E-state index is -0.873. The second-order valence-electron chi connectivity index (χ2n) is 5.90. The molecule has 8 nitrogen and oxygen atoms in total. The van der Waals surface area contributed by atoms with E-state index in [1.807, 2.05) is 6.07 Å². The van der Waals surface area contributed by atoms with Crippen LogP contribution in [-0.2, 0) is 16.1 Å². The van der Waals surface area contributed by atoms with Crippen LogP contribution in [0.3, 0.4) is 0 Å². The van der Waals surface area contributed by atoms with E-state index in [0.29, 0.717) is 25.9 Å². The van der Waals surface area contributed by atoms with Gasteiger partial charge in [-0.05, 0) is 18.1 Å². The van der Waals surface area contributed by atoms with Gasteiger partial charge >= 0.3 is 5.97 Å². The van der Waals surface area contributed by atoms with Crippen molar-refractivity contribution in [2.75, 3.05) is 13.1 Å². The number of nitrogens with zero attached hydrogens (tertiary/aromatic N) is 5. The molecule has 2 atom stereocenters. The van der Waals surface area contributed by atoms with Crippen LogP contribution in [-0.4, -0.2) is 54.7 Å². The summed E-state index contributed by atoms with van der Waals surface area (Å²) in [5, 5.41) is 13.5. The van der Waals surface area contributed by atoms with Crippen LogP contribution < -0.4 is 0 Å². The van der Waals surface area contributed by atoms with Gasteiger partial charge in [0.2, 0.25) is 5.91 Å². The molecule has 1 N–H and O–H groups in total. The summed E-state index contributed by atoms with van der Waals surface area (Å²) < 4.78 is 1.68. The highest BCUT2D eigenvalue weighted by atomic mass is 16.4. The third-order valence-electron chi connectivity index (χ3n) is 4.35. The molecule has 2 aromatic rings. The molecule has 1 aliphatic rings. The molecule has 1 amide bonds. The topological polar surface area (TPSA) is 101 Å². The fraction of sp³-hybridized carbons (Fsp3) is 0.438. The predicted octanol–water partition coefficient (Wildman–Crippen LogP) is 0.780. The van der Waals surface area contributed by atoms with E-state index in [2.05, 4.69) is 15.1 Å². The second kappa shape index (κ2) is 7.20. The zero-order chi connectivity index (χ0) is 16.9. The van der Waals surface area contributed by atoms with Crippen LogP contribution in [0.1, 0.15) is 24.3 Å². The molecule has 0 bridgehead atoms.